The van der Waals surface area contributed by atoms with E-state index in [4.69, 9.17) is 21.7 Å². The molecule has 4 rings (SSSR count). The Labute approximate surface area is 198 Å². The van der Waals surface area contributed by atoms with Crippen LogP contribution in [0.15, 0.2) is 82.8 Å². The normalized spacial score (nSPS) is 15.0. The number of thiocarbonyl (C=S) groups is 1. The highest BCUT2D eigenvalue weighted by atomic mass is 79.9. The van der Waals surface area contributed by atoms with Gasteiger partial charge in [-0.15, -0.1) is 0 Å². The highest BCUT2D eigenvalue weighted by molar-refractivity contribution is 9.10. The molecule has 0 spiro atoms. The minimum Gasteiger partial charge on any atom is -0.497 e. The molecule has 1 aliphatic heterocycles. The molecule has 32 heavy (non-hydrogen) atoms. The lowest BCUT2D eigenvalue weighted by atomic mass is 10.1. The molecule has 0 radical (unpaired) electrons. The van der Waals surface area contributed by atoms with Crippen LogP contribution in [-0.4, -0.2) is 24.0 Å². The van der Waals surface area contributed by atoms with Crippen molar-refractivity contribution in [2.24, 2.45) is 0 Å². The minimum atomic E-state index is -0.560. The molecule has 0 aliphatic carbocycles. The van der Waals surface area contributed by atoms with E-state index < -0.39 is 11.8 Å². The predicted octanol–water partition coefficient (Wildman–Crippen LogP) is 5.08. The molecule has 3 aromatic carbocycles. The molecule has 6 nitrogen and oxygen atoms in total. The largest absolute Gasteiger partial charge is 0.497 e. The lowest BCUT2D eigenvalue weighted by Gasteiger charge is -2.29. The standard InChI is InChI=1S/C24H17BrN2O4S/c1-30-19-11-12-21(25)15(13-19)14-20-22(28)26-24(32)27(23(20)29)16-7-9-18(10-8-16)31-17-5-3-2-4-6-17/h2-14H,1H3,(H,26,28,32)/b20-14+. The summed E-state index contributed by atoms with van der Waals surface area (Å²) in [6.45, 7) is 0. The number of ether oxygens (including phenoxy) is 2. The van der Waals surface area contributed by atoms with Crippen LogP contribution in [0.1, 0.15) is 5.56 Å². The van der Waals surface area contributed by atoms with Crippen LogP contribution in [0.5, 0.6) is 17.2 Å². The number of halogens is 1. The average Bonchev–Trinajstić information content (AvgIpc) is 2.79. The van der Waals surface area contributed by atoms with Gasteiger partial charge in [-0.25, -0.2) is 0 Å². The number of hydrogen-bond acceptors (Lipinski definition) is 5. The summed E-state index contributed by atoms with van der Waals surface area (Å²) < 4.78 is 11.7. The van der Waals surface area contributed by atoms with Gasteiger partial charge in [-0.05, 0) is 78.5 Å². The van der Waals surface area contributed by atoms with Crippen molar-refractivity contribution in [1.29, 1.82) is 0 Å². The van der Waals surface area contributed by atoms with E-state index in [0.29, 0.717) is 33.0 Å². The van der Waals surface area contributed by atoms with Crippen LogP contribution in [0.2, 0.25) is 0 Å². The Hall–Kier alpha value is -3.49. The molecule has 0 unspecified atom stereocenters. The van der Waals surface area contributed by atoms with Crippen molar-refractivity contribution in [3.63, 3.8) is 0 Å². The Bertz CT molecular complexity index is 1230. The third-order valence-electron chi connectivity index (χ3n) is 4.68. The Morgan fingerprint density at radius 1 is 0.938 bits per heavy atom. The highest BCUT2D eigenvalue weighted by Gasteiger charge is 2.34. The SMILES string of the molecule is COc1ccc(Br)c(/C=C2\C(=O)NC(=S)N(c3ccc(Oc4ccccc4)cc3)C2=O)c1. The first-order valence-corrected chi connectivity index (χ1v) is 10.7. The van der Waals surface area contributed by atoms with Gasteiger partial charge in [0.1, 0.15) is 22.8 Å². The molecule has 0 bridgehead atoms. The number of carbonyl (C=O) groups excluding carboxylic acids is 2. The van der Waals surface area contributed by atoms with E-state index in [0.717, 1.165) is 0 Å². The Kier molecular flexibility index (Phi) is 6.34. The van der Waals surface area contributed by atoms with E-state index in [-0.39, 0.29) is 10.7 Å². The van der Waals surface area contributed by atoms with Gasteiger partial charge in [0.25, 0.3) is 11.8 Å². The van der Waals surface area contributed by atoms with Gasteiger partial charge in [-0.2, -0.15) is 0 Å². The number of nitrogens with one attached hydrogen (secondary N) is 1. The Balaban J connectivity index is 1.62. The molecule has 1 fully saturated rings. The molecule has 0 atom stereocenters. The van der Waals surface area contributed by atoms with E-state index in [1.807, 2.05) is 30.3 Å². The molecule has 0 aromatic heterocycles. The molecular formula is C24H17BrN2O4S. The summed E-state index contributed by atoms with van der Waals surface area (Å²) in [5.74, 6) is 0.826. The predicted molar refractivity (Wildman–Crippen MR) is 130 cm³/mol. The van der Waals surface area contributed by atoms with Crippen molar-refractivity contribution in [2.45, 2.75) is 0 Å². The maximum Gasteiger partial charge on any atom is 0.270 e. The smallest absolute Gasteiger partial charge is 0.270 e. The highest BCUT2D eigenvalue weighted by Crippen LogP contribution is 2.29. The van der Waals surface area contributed by atoms with Crippen LogP contribution >= 0.6 is 28.1 Å². The summed E-state index contributed by atoms with van der Waals surface area (Å²) in [4.78, 5) is 27.0. The fourth-order valence-electron chi connectivity index (χ4n) is 3.09. The number of amides is 2. The zero-order valence-electron chi connectivity index (χ0n) is 16.9. The average molecular weight is 509 g/mol. The first-order valence-electron chi connectivity index (χ1n) is 9.54. The lowest BCUT2D eigenvalue weighted by Crippen LogP contribution is -2.54. The van der Waals surface area contributed by atoms with Gasteiger partial charge in [0.15, 0.2) is 5.11 Å². The fourth-order valence-corrected chi connectivity index (χ4v) is 3.74. The van der Waals surface area contributed by atoms with E-state index in [1.54, 1.807) is 49.6 Å². The summed E-state index contributed by atoms with van der Waals surface area (Å²) in [6.07, 6.45) is 1.51. The molecule has 1 N–H and O–H groups in total. The van der Waals surface area contributed by atoms with Gasteiger partial charge in [-0.3, -0.25) is 19.8 Å². The minimum absolute atomic E-state index is 0.0126. The molecule has 2 amide bonds. The summed E-state index contributed by atoms with van der Waals surface area (Å²) in [5.41, 5.74) is 1.09. The topological polar surface area (TPSA) is 67.9 Å². The summed E-state index contributed by atoms with van der Waals surface area (Å²) in [6, 6.07) is 21.5. The van der Waals surface area contributed by atoms with Crippen molar-refractivity contribution in [1.82, 2.24) is 5.32 Å². The van der Waals surface area contributed by atoms with Crippen molar-refractivity contribution < 1.29 is 19.1 Å². The molecule has 1 heterocycles. The van der Waals surface area contributed by atoms with E-state index in [1.165, 1.54) is 11.0 Å². The van der Waals surface area contributed by atoms with E-state index in [2.05, 4.69) is 21.2 Å². The van der Waals surface area contributed by atoms with E-state index in [9.17, 15) is 9.59 Å². The van der Waals surface area contributed by atoms with Crippen LogP contribution in [0.25, 0.3) is 6.08 Å². The molecule has 160 valence electrons. The maximum absolute atomic E-state index is 13.2. The van der Waals surface area contributed by atoms with Crippen molar-refractivity contribution in [3.8, 4) is 17.2 Å². The molecule has 8 heteroatoms. The second kappa shape index (κ2) is 9.33. The molecule has 1 aliphatic rings. The monoisotopic (exact) mass is 508 g/mol. The number of methoxy groups -OCH3 is 1. The molecule has 1 saturated heterocycles. The van der Waals surface area contributed by atoms with Crippen molar-refractivity contribution in [2.75, 3.05) is 12.0 Å². The van der Waals surface area contributed by atoms with Gasteiger partial charge >= 0.3 is 0 Å². The van der Waals surface area contributed by atoms with Crippen LogP contribution in [0, 0.1) is 0 Å². The zero-order valence-corrected chi connectivity index (χ0v) is 19.3. The Morgan fingerprint density at radius 3 is 2.28 bits per heavy atom. The third kappa shape index (κ3) is 4.56. The van der Waals surface area contributed by atoms with Gasteiger partial charge in [0.2, 0.25) is 0 Å². The van der Waals surface area contributed by atoms with Gasteiger partial charge in [-0.1, -0.05) is 34.1 Å². The molecule has 0 saturated carbocycles. The summed E-state index contributed by atoms with van der Waals surface area (Å²) >= 11 is 8.71. The number of anilines is 1. The van der Waals surface area contributed by atoms with Crippen LogP contribution in [0.3, 0.4) is 0 Å². The van der Waals surface area contributed by atoms with Gasteiger partial charge < -0.3 is 9.47 Å². The zero-order chi connectivity index (χ0) is 22.7. The molecule has 3 aromatic rings. The number of benzene rings is 3. The lowest BCUT2D eigenvalue weighted by molar-refractivity contribution is -0.122. The summed E-state index contributed by atoms with van der Waals surface area (Å²) in [7, 11) is 1.55. The molecular weight excluding hydrogens is 492 g/mol. The van der Waals surface area contributed by atoms with Crippen molar-refractivity contribution in [3.05, 3.63) is 88.4 Å². The second-order valence-electron chi connectivity index (χ2n) is 6.75. The fraction of sp³-hybridized carbons (Fsp3) is 0.0417. The summed E-state index contributed by atoms with van der Waals surface area (Å²) in [5, 5.41) is 2.60. The first-order chi connectivity index (χ1) is 15.5. The maximum atomic E-state index is 13.2. The first kappa shape index (κ1) is 21.7. The Morgan fingerprint density at radius 2 is 1.59 bits per heavy atom. The third-order valence-corrected chi connectivity index (χ3v) is 5.69. The van der Waals surface area contributed by atoms with Crippen LogP contribution in [-0.2, 0) is 9.59 Å². The number of para-hydroxylation sites is 1. The van der Waals surface area contributed by atoms with Gasteiger partial charge in [0.05, 0.1) is 12.8 Å². The van der Waals surface area contributed by atoms with Crippen LogP contribution in [0.4, 0.5) is 5.69 Å². The van der Waals surface area contributed by atoms with Gasteiger partial charge in [0, 0.05) is 4.47 Å². The number of rotatable bonds is 5. The number of carbonyl (C=O) groups is 2. The van der Waals surface area contributed by atoms with Crippen LogP contribution < -0.4 is 19.7 Å². The quantitative estimate of drug-likeness (QED) is 0.295. The second-order valence-corrected chi connectivity index (χ2v) is 8.00. The number of hydrogen-bond donors (Lipinski definition) is 1. The number of nitrogens with zero attached hydrogens (tertiary/aromatic N) is 1. The van der Waals surface area contributed by atoms with E-state index >= 15 is 0 Å². The van der Waals surface area contributed by atoms with Crippen molar-refractivity contribution >= 4 is 56.8 Å².